The van der Waals surface area contributed by atoms with Crippen LogP contribution in [0.1, 0.15) is 17.2 Å². The number of benzene rings is 1. The third-order valence-corrected chi connectivity index (χ3v) is 3.13. The molecular weight excluding hydrogens is 334 g/mol. The summed E-state index contributed by atoms with van der Waals surface area (Å²) in [6.45, 7) is 0. The number of aliphatic hydroxyl groups is 1. The first kappa shape index (κ1) is 11.8. The molecule has 2 aromatic rings. The van der Waals surface area contributed by atoms with Crippen molar-refractivity contribution in [2.75, 3.05) is 0 Å². The van der Waals surface area contributed by atoms with Gasteiger partial charge in [0.25, 0.3) is 0 Å². The molecule has 2 rings (SSSR count). The Kier molecular flexibility index (Phi) is 3.74. The van der Waals surface area contributed by atoms with Crippen LogP contribution in [0.4, 0.5) is 0 Å². The average molecular weight is 343 g/mol. The standard InChI is InChI=1S/C12H9Br2NO/c13-10-3-1-2-8(4-10)12(16)9-5-11(14)7-15-6-9/h1-7,12,16H. The van der Waals surface area contributed by atoms with Crippen molar-refractivity contribution >= 4 is 31.9 Å². The molecule has 4 heteroatoms. The van der Waals surface area contributed by atoms with Gasteiger partial charge in [0.1, 0.15) is 6.10 Å². The monoisotopic (exact) mass is 341 g/mol. The van der Waals surface area contributed by atoms with Crippen molar-refractivity contribution in [2.45, 2.75) is 6.10 Å². The summed E-state index contributed by atoms with van der Waals surface area (Å²) in [6, 6.07) is 9.46. The molecule has 0 saturated heterocycles. The fraction of sp³-hybridized carbons (Fsp3) is 0.0833. The molecule has 0 fully saturated rings. The maximum atomic E-state index is 10.2. The molecular formula is C12H9Br2NO. The maximum Gasteiger partial charge on any atom is 0.106 e. The van der Waals surface area contributed by atoms with Gasteiger partial charge < -0.3 is 5.11 Å². The Balaban J connectivity index is 2.35. The van der Waals surface area contributed by atoms with E-state index in [2.05, 4.69) is 36.8 Å². The second-order valence-corrected chi connectivity index (χ2v) is 5.23. The van der Waals surface area contributed by atoms with Gasteiger partial charge in [-0.3, -0.25) is 4.98 Å². The zero-order valence-corrected chi connectivity index (χ0v) is 11.4. The predicted molar refractivity (Wildman–Crippen MR) is 70.1 cm³/mol. The van der Waals surface area contributed by atoms with Gasteiger partial charge in [-0.1, -0.05) is 28.1 Å². The highest BCUT2D eigenvalue weighted by molar-refractivity contribution is 9.10. The SMILES string of the molecule is OC(c1cccc(Br)c1)c1cncc(Br)c1. The van der Waals surface area contributed by atoms with Gasteiger partial charge in [0.2, 0.25) is 0 Å². The molecule has 1 unspecified atom stereocenters. The van der Waals surface area contributed by atoms with Gasteiger partial charge >= 0.3 is 0 Å². The minimum absolute atomic E-state index is 0.650. The lowest BCUT2D eigenvalue weighted by Crippen LogP contribution is -2.00. The van der Waals surface area contributed by atoms with Gasteiger partial charge in [0.15, 0.2) is 0 Å². The van der Waals surface area contributed by atoms with E-state index < -0.39 is 6.10 Å². The van der Waals surface area contributed by atoms with Crippen molar-refractivity contribution in [1.82, 2.24) is 4.98 Å². The van der Waals surface area contributed by atoms with Gasteiger partial charge in [-0.15, -0.1) is 0 Å². The minimum atomic E-state index is -0.650. The van der Waals surface area contributed by atoms with Crippen LogP contribution in [0, 0.1) is 0 Å². The first-order chi connectivity index (χ1) is 7.66. The molecule has 0 radical (unpaired) electrons. The van der Waals surface area contributed by atoms with Gasteiger partial charge in [0, 0.05) is 26.9 Å². The molecule has 0 saturated carbocycles. The summed E-state index contributed by atoms with van der Waals surface area (Å²) in [5.41, 5.74) is 1.61. The van der Waals surface area contributed by atoms with Crippen molar-refractivity contribution in [1.29, 1.82) is 0 Å². The highest BCUT2D eigenvalue weighted by Crippen LogP contribution is 2.25. The molecule has 1 N–H and O–H groups in total. The fourth-order valence-electron chi connectivity index (χ4n) is 1.45. The maximum absolute atomic E-state index is 10.2. The van der Waals surface area contributed by atoms with E-state index in [0.717, 1.165) is 20.1 Å². The van der Waals surface area contributed by atoms with E-state index in [1.807, 2.05) is 30.3 Å². The van der Waals surface area contributed by atoms with Gasteiger partial charge in [-0.05, 0) is 39.7 Å². The van der Waals surface area contributed by atoms with Crippen LogP contribution >= 0.6 is 31.9 Å². The summed E-state index contributed by atoms with van der Waals surface area (Å²) >= 11 is 6.72. The predicted octanol–water partition coefficient (Wildman–Crippen LogP) is 3.69. The Labute approximate surface area is 111 Å². The van der Waals surface area contributed by atoms with Gasteiger partial charge in [-0.25, -0.2) is 0 Å². The molecule has 2 nitrogen and oxygen atoms in total. The summed E-state index contributed by atoms with van der Waals surface area (Å²) in [5, 5.41) is 10.2. The van der Waals surface area contributed by atoms with Crippen molar-refractivity contribution in [3.8, 4) is 0 Å². The Hall–Kier alpha value is -0.710. The molecule has 0 aliphatic carbocycles. The summed E-state index contributed by atoms with van der Waals surface area (Å²) < 4.78 is 1.81. The number of aromatic nitrogens is 1. The van der Waals surface area contributed by atoms with Crippen LogP contribution in [0.3, 0.4) is 0 Å². The number of rotatable bonds is 2. The lowest BCUT2D eigenvalue weighted by Gasteiger charge is -2.11. The molecule has 0 spiro atoms. The first-order valence-corrected chi connectivity index (χ1v) is 6.29. The lowest BCUT2D eigenvalue weighted by atomic mass is 10.0. The van der Waals surface area contributed by atoms with Crippen molar-refractivity contribution in [2.24, 2.45) is 0 Å². The van der Waals surface area contributed by atoms with E-state index in [9.17, 15) is 5.11 Å². The number of nitrogens with zero attached hydrogens (tertiary/aromatic N) is 1. The van der Waals surface area contributed by atoms with E-state index in [1.54, 1.807) is 12.4 Å². The van der Waals surface area contributed by atoms with Crippen LogP contribution in [0.5, 0.6) is 0 Å². The summed E-state index contributed by atoms with van der Waals surface area (Å²) in [6.07, 6.45) is 2.70. The molecule has 1 heterocycles. The Morgan fingerprint density at radius 3 is 2.44 bits per heavy atom. The molecule has 1 atom stereocenters. The molecule has 0 aliphatic rings. The zero-order chi connectivity index (χ0) is 11.5. The number of hydrogen-bond donors (Lipinski definition) is 1. The normalized spacial score (nSPS) is 12.4. The van der Waals surface area contributed by atoms with E-state index >= 15 is 0 Å². The molecule has 0 amide bonds. The molecule has 1 aromatic carbocycles. The van der Waals surface area contributed by atoms with Crippen molar-refractivity contribution in [3.63, 3.8) is 0 Å². The van der Waals surface area contributed by atoms with Crippen LogP contribution in [0.15, 0.2) is 51.7 Å². The van der Waals surface area contributed by atoms with Crippen LogP contribution < -0.4 is 0 Å². The number of halogens is 2. The summed E-state index contributed by atoms with van der Waals surface area (Å²) in [4.78, 5) is 4.03. The van der Waals surface area contributed by atoms with Crippen molar-refractivity contribution in [3.05, 3.63) is 62.8 Å². The Morgan fingerprint density at radius 2 is 1.75 bits per heavy atom. The van der Waals surface area contributed by atoms with Gasteiger partial charge in [-0.2, -0.15) is 0 Å². The second-order valence-electron chi connectivity index (χ2n) is 3.39. The topological polar surface area (TPSA) is 33.1 Å². The highest BCUT2D eigenvalue weighted by Gasteiger charge is 2.11. The summed E-state index contributed by atoms with van der Waals surface area (Å²) in [7, 11) is 0. The minimum Gasteiger partial charge on any atom is -0.384 e. The van der Waals surface area contributed by atoms with Crippen LogP contribution in [0.25, 0.3) is 0 Å². The van der Waals surface area contributed by atoms with Crippen LogP contribution in [-0.4, -0.2) is 10.1 Å². The van der Waals surface area contributed by atoms with Crippen LogP contribution in [0.2, 0.25) is 0 Å². The van der Waals surface area contributed by atoms with E-state index in [0.29, 0.717) is 0 Å². The smallest absolute Gasteiger partial charge is 0.106 e. The van der Waals surface area contributed by atoms with E-state index in [1.165, 1.54) is 0 Å². The number of pyridine rings is 1. The molecule has 82 valence electrons. The average Bonchev–Trinajstić information content (AvgIpc) is 2.28. The van der Waals surface area contributed by atoms with Crippen molar-refractivity contribution < 1.29 is 5.11 Å². The quantitative estimate of drug-likeness (QED) is 0.902. The molecule has 0 bridgehead atoms. The van der Waals surface area contributed by atoms with E-state index in [4.69, 9.17) is 0 Å². The molecule has 0 aliphatic heterocycles. The Bertz CT molecular complexity index is 456. The van der Waals surface area contributed by atoms with Gasteiger partial charge in [0.05, 0.1) is 0 Å². The van der Waals surface area contributed by atoms with E-state index in [-0.39, 0.29) is 0 Å². The first-order valence-electron chi connectivity index (χ1n) is 4.71. The van der Waals surface area contributed by atoms with Crippen LogP contribution in [-0.2, 0) is 0 Å². The summed E-state index contributed by atoms with van der Waals surface area (Å²) in [5.74, 6) is 0. The Morgan fingerprint density at radius 1 is 1.00 bits per heavy atom. The third-order valence-electron chi connectivity index (χ3n) is 2.21. The number of hydrogen-bond acceptors (Lipinski definition) is 2. The third kappa shape index (κ3) is 2.70. The zero-order valence-electron chi connectivity index (χ0n) is 8.27. The second kappa shape index (κ2) is 5.08. The lowest BCUT2D eigenvalue weighted by molar-refractivity contribution is 0.219. The number of aliphatic hydroxyl groups excluding tert-OH is 1. The molecule has 16 heavy (non-hydrogen) atoms. The molecule has 1 aromatic heterocycles. The highest BCUT2D eigenvalue weighted by atomic mass is 79.9. The fourth-order valence-corrected chi connectivity index (χ4v) is 2.25. The largest absolute Gasteiger partial charge is 0.384 e.